The van der Waals surface area contributed by atoms with Crippen molar-refractivity contribution in [2.75, 3.05) is 13.7 Å². The predicted octanol–water partition coefficient (Wildman–Crippen LogP) is 6.23. The van der Waals surface area contributed by atoms with Gasteiger partial charge in [0.05, 0.1) is 24.8 Å². The van der Waals surface area contributed by atoms with Crippen LogP contribution in [0.3, 0.4) is 0 Å². The average molecular weight is 627 g/mol. The van der Waals surface area contributed by atoms with Crippen LogP contribution in [0.2, 0.25) is 10.0 Å². The van der Waals surface area contributed by atoms with Crippen LogP contribution in [0.1, 0.15) is 22.3 Å². The second-order valence-electron chi connectivity index (χ2n) is 9.30. The fraction of sp³-hybridized carbons (Fsp3) is 0.161. The lowest BCUT2D eigenvalue weighted by molar-refractivity contribution is -0.121. The summed E-state index contributed by atoms with van der Waals surface area (Å²) in [4.78, 5) is 12.9. The molecule has 0 unspecified atom stereocenters. The average Bonchev–Trinajstić information content (AvgIpc) is 2.98. The Morgan fingerprint density at radius 1 is 0.952 bits per heavy atom. The van der Waals surface area contributed by atoms with E-state index in [2.05, 4.69) is 10.5 Å². The number of ether oxygens (including phenoxy) is 2. The van der Waals surface area contributed by atoms with Crippen molar-refractivity contribution in [2.45, 2.75) is 25.0 Å². The van der Waals surface area contributed by atoms with Gasteiger partial charge in [0, 0.05) is 16.6 Å². The molecule has 0 radical (unpaired) electrons. The van der Waals surface area contributed by atoms with E-state index in [1.54, 1.807) is 42.5 Å². The van der Waals surface area contributed by atoms with Crippen molar-refractivity contribution < 1.29 is 22.7 Å². The van der Waals surface area contributed by atoms with E-state index in [0.29, 0.717) is 34.3 Å². The zero-order valence-corrected chi connectivity index (χ0v) is 25.3. The third-order valence-electron chi connectivity index (χ3n) is 6.17. The number of hydrogen-bond acceptors (Lipinski definition) is 6. The molecule has 0 aliphatic carbocycles. The van der Waals surface area contributed by atoms with Crippen molar-refractivity contribution in [1.82, 2.24) is 9.73 Å². The summed E-state index contributed by atoms with van der Waals surface area (Å²) in [6, 6.07) is 26.1. The molecule has 0 saturated carbocycles. The lowest BCUT2D eigenvalue weighted by Gasteiger charge is -2.22. The van der Waals surface area contributed by atoms with Crippen molar-refractivity contribution >= 4 is 45.3 Å². The summed E-state index contributed by atoms with van der Waals surface area (Å²) in [6.45, 7) is 1.59. The van der Waals surface area contributed by atoms with Gasteiger partial charge < -0.3 is 9.47 Å². The number of nitrogens with zero attached hydrogens (tertiary/aromatic N) is 2. The minimum absolute atomic E-state index is 0.0520. The zero-order chi connectivity index (χ0) is 30.1. The van der Waals surface area contributed by atoms with Gasteiger partial charge in [0.1, 0.15) is 6.61 Å². The first-order valence-corrected chi connectivity index (χ1v) is 15.0. The van der Waals surface area contributed by atoms with Crippen LogP contribution in [0, 0.1) is 6.92 Å². The fourth-order valence-corrected chi connectivity index (χ4v) is 5.76. The Hall–Kier alpha value is -3.89. The molecule has 11 heteroatoms. The topological polar surface area (TPSA) is 97.3 Å². The van der Waals surface area contributed by atoms with E-state index >= 15 is 0 Å². The quantitative estimate of drug-likeness (QED) is 0.149. The van der Waals surface area contributed by atoms with E-state index in [-0.39, 0.29) is 16.5 Å². The highest BCUT2D eigenvalue weighted by Gasteiger charge is 2.27. The van der Waals surface area contributed by atoms with Crippen molar-refractivity contribution in [3.63, 3.8) is 0 Å². The first-order chi connectivity index (χ1) is 20.2. The zero-order valence-electron chi connectivity index (χ0n) is 23.0. The Morgan fingerprint density at radius 3 is 2.38 bits per heavy atom. The Bertz CT molecular complexity index is 1660. The number of amides is 1. The number of sulfonamides is 1. The summed E-state index contributed by atoms with van der Waals surface area (Å²) in [5, 5.41) is 4.71. The second kappa shape index (κ2) is 14.3. The van der Waals surface area contributed by atoms with E-state index in [1.165, 1.54) is 31.5 Å². The van der Waals surface area contributed by atoms with Crippen molar-refractivity contribution in [3.05, 3.63) is 123 Å². The van der Waals surface area contributed by atoms with E-state index in [4.69, 9.17) is 32.7 Å². The minimum Gasteiger partial charge on any atom is -0.493 e. The molecule has 0 atom stereocenters. The Kier molecular flexibility index (Phi) is 10.6. The molecule has 42 heavy (non-hydrogen) atoms. The molecule has 0 saturated heterocycles. The summed E-state index contributed by atoms with van der Waals surface area (Å²) in [5.41, 5.74) is 5.45. The smallest absolute Gasteiger partial charge is 0.255 e. The number of carbonyl (C=O) groups is 1. The number of benzene rings is 4. The maximum absolute atomic E-state index is 13.5. The summed E-state index contributed by atoms with van der Waals surface area (Å²) in [7, 11) is -2.52. The summed E-state index contributed by atoms with van der Waals surface area (Å²) >= 11 is 12.3. The van der Waals surface area contributed by atoms with E-state index in [9.17, 15) is 13.2 Å². The molecule has 1 amide bonds. The molecule has 0 aliphatic heterocycles. The van der Waals surface area contributed by atoms with Gasteiger partial charge in [-0.2, -0.15) is 9.41 Å². The Balaban J connectivity index is 1.46. The van der Waals surface area contributed by atoms with Gasteiger partial charge in [-0.1, -0.05) is 77.3 Å². The molecule has 1 N–H and O–H groups in total. The van der Waals surface area contributed by atoms with E-state index in [0.717, 1.165) is 15.4 Å². The molecule has 4 rings (SSSR count). The summed E-state index contributed by atoms with van der Waals surface area (Å²) < 4.78 is 39.4. The van der Waals surface area contributed by atoms with E-state index in [1.807, 2.05) is 37.3 Å². The van der Waals surface area contributed by atoms with Crippen molar-refractivity contribution in [3.8, 4) is 11.5 Å². The molecule has 8 nitrogen and oxygen atoms in total. The van der Waals surface area contributed by atoms with Gasteiger partial charge >= 0.3 is 0 Å². The first-order valence-electron chi connectivity index (χ1n) is 12.8. The van der Waals surface area contributed by atoms with Crippen LogP contribution in [-0.4, -0.2) is 38.5 Å². The number of aryl methyl sites for hydroxylation is 1. The number of hydrogen-bond donors (Lipinski definition) is 1. The molecule has 0 aromatic heterocycles. The van der Waals surface area contributed by atoms with Crippen molar-refractivity contribution in [2.24, 2.45) is 5.10 Å². The fourth-order valence-electron chi connectivity index (χ4n) is 3.92. The molecule has 218 valence electrons. The lowest BCUT2D eigenvalue weighted by Crippen LogP contribution is -2.39. The molecule has 0 heterocycles. The third kappa shape index (κ3) is 8.33. The number of carbonyl (C=O) groups excluding carboxylic acids is 1. The maximum Gasteiger partial charge on any atom is 0.255 e. The monoisotopic (exact) mass is 625 g/mol. The minimum atomic E-state index is -4.06. The van der Waals surface area contributed by atoms with E-state index < -0.39 is 22.5 Å². The Labute approximate surface area is 255 Å². The highest BCUT2D eigenvalue weighted by Crippen LogP contribution is 2.29. The standard InChI is InChI=1S/C31H29Cl2N3O5S/c1-22-8-13-27(14-9-22)42(38,39)36(19-25-11-12-26(32)17-28(25)33)20-31(37)35-34-18-24-10-15-29(30(16-24)40-2)41-21-23-6-4-3-5-7-23/h3-18H,19-21H2,1-2H3,(H,35,37)/b34-18-. The number of halogens is 2. The van der Waals surface area contributed by atoms with Gasteiger partial charge in [0.15, 0.2) is 11.5 Å². The highest BCUT2D eigenvalue weighted by molar-refractivity contribution is 7.89. The van der Waals surface area contributed by atoms with Gasteiger partial charge in [0.25, 0.3) is 5.91 Å². The number of hydrazone groups is 1. The highest BCUT2D eigenvalue weighted by atomic mass is 35.5. The van der Waals surface area contributed by atoms with Crippen LogP contribution in [0.4, 0.5) is 0 Å². The second-order valence-corrected chi connectivity index (χ2v) is 12.1. The molecule has 0 fully saturated rings. The molecule has 0 bridgehead atoms. The summed E-state index contributed by atoms with van der Waals surface area (Å²) in [6.07, 6.45) is 1.43. The lowest BCUT2D eigenvalue weighted by atomic mass is 10.2. The first kappa shape index (κ1) is 31.1. The number of methoxy groups -OCH3 is 1. The van der Waals surface area contributed by atoms with Crippen LogP contribution in [0.25, 0.3) is 0 Å². The molecule has 4 aromatic carbocycles. The predicted molar refractivity (Wildman–Crippen MR) is 165 cm³/mol. The van der Waals surface area contributed by atoms with Crippen LogP contribution >= 0.6 is 23.2 Å². The molecular weight excluding hydrogens is 597 g/mol. The van der Waals surface area contributed by atoms with Gasteiger partial charge in [-0.15, -0.1) is 0 Å². The maximum atomic E-state index is 13.5. The van der Waals surface area contributed by atoms with Crippen LogP contribution < -0.4 is 14.9 Å². The van der Waals surface area contributed by atoms with Crippen molar-refractivity contribution in [1.29, 1.82) is 0 Å². The number of nitrogens with one attached hydrogen (secondary N) is 1. The third-order valence-corrected chi connectivity index (χ3v) is 8.56. The molecule has 0 aliphatic rings. The SMILES string of the molecule is COc1cc(/C=N\NC(=O)CN(Cc2ccc(Cl)cc2Cl)S(=O)(=O)c2ccc(C)cc2)ccc1OCc1ccccc1. The largest absolute Gasteiger partial charge is 0.493 e. The normalized spacial score (nSPS) is 11.5. The number of rotatable bonds is 12. The molecule has 4 aromatic rings. The van der Waals surface area contributed by atoms with Gasteiger partial charge in [-0.05, 0) is 66.1 Å². The van der Waals surface area contributed by atoms with Gasteiger partial charge in [-0.3, -0.25) is 4.79 Å². The Morgan fingerprint density at radius 2 is 1.69 bits per heavy atom. The van der Waals surface area contributed by atoms with Crippen LogP contribution in [0.15, 0.2) is 101 Å². The van der Waals surface area contributed by atoms with Gasteiger partial charge in [-0.25, -0.2) is 13.8 Å². The van der Waals surface area contributed by atoms with Gasteiger partial charge in [0.2, 0.25) is 10.0 Å². The molecular formula is C31H29Cl2N3O5S. The summed E-state index contributed by atoms with van der Waals surface area (Å²) in [5.74, 6) is 0.415. The van der Waals surface area contributed by atoms with Crippen LogP contribution in [-0.2, 0) is 28.0 Å². The molecule has 0 spiro atoms. The van der Waals surface area contributed by atoms with Crippen LogP contribution in [0.5, 0.6) is 11.5 Å².